The van der Waals surface area contributed by atoms with E-state index in [1.807, 2.05) is 48.5 Å². The first kappa shape index (κ1) is 18.9. The first-order valence-corrected chi connectivity index (χ1v) is 9.52. The summed E-state index contributed by atoms with van der Waals surface area (Å²) in [6.45, 7) is 0.280. The molecule has 0 aromatic heterocycles. The molecule has 0 heterocycles. The minimum Gasteiger partial charge on any atom is -0.496 e. The van der Waals surface area contributed by atoms with Crippen molar-refractivity contribution in [2.45, 2.75) is 19.4 Å². The van der Waals surface area contributed by atoms with Gasteiger partial charge in [-0.3, -0.25) is 4.79 Å². The van der Waals surface area contributed by atoms with Crippen molar-refractivity contribution in [2.75, 3.05) is 7.11 Å². The van der Waals surface area contributed by atoms with Crippen LogP contribution in [0.2, 0.25) is 0 Å². The maximum atomic E-state index is 13.1. The van der Waals surface area contributed by atoms with Gasteiger partial charge in [-0.1, -0.05) is 30.3 Å². The van der Waals surface area contributed by atoms with Gasteiger partial charge in [0.2, 0.25) is 0 Å². The normalized spacial score (nSPS) is 14.6. The van der Waals surface area contributed by atoms with E-state index in [1.54, 1.807) is 19.2 Å². The van der Waals surface area contributed by atoms with E-state index < -0.39 is 0 Å². The van der Waals surface area contributed by atoms with E-state index in [2.05, 4.69) is 0 Å². The Balaban J connectivity index is 1.57. The average Bonchev–Trinajstić information content (AvgIpc) is 2.75. The minimum atomic E-state index is -0.303. The lowest BCUT2D eigenvalue weighted by Crippen LogP contribution is -2.13. The predicted octanol–water partition coefficient (Wildman–Crippen LogP) is 5.63. The van der Waals surface area contributed by atoms with Crippen molar-refractivity contribution < 1.29 is 18.7 Å². The largest absolute Gasteiger partial charge is 0.496 e. The molecular formula is C25H21FO3. The number of Topliss-reactive ketones (excluding diaryl/α,β-unsaturated/α-hetero) is 1. The zero-order valence-corrected chi connectivity index (χ0v) is 16.2. The van der Waals surface area contributed by atoms with Gasteiger partial charge in [-0.2, -0.15) is 0 Å². The molecule has 0 aliphatic heterocycles. The fraction of sp³-hybridized carbons (Fsp3) is 0.160. The average molecular weight is 388 g/mol. The second-order valence-corrected chi connectivity index (χ2v) is 6.97. The lowest BCUT2D eigenvalue weighted by Gasteiger charge is -2.17. The number of hydrogen-bond acceptors (Lipinski definition) is 3. The number of carbonyl (C=O) groups is 1. The van der Waals surface area contributed by atoms with Crippen molar-refractivity contribution in [1.29, 1.82) is 0 Å². The fourth-order valence-electron chi connectivity index (χ4n) is 3.55. The molecule has 0 atom stereocenters. The van der Waals surface area contributed by atoms with Crippen LogP contribution >= 0.6 is 0 Å². The molecule has 4 rings (SSSR count). The highest BCUT2D eigenvalue weighted by atomic mass is 19.1. The van der Waals surface area contributed by atoms with E-state index in [4.69, 9.17) is 9.47 Å². The highest BCUT2D eigenvalue weighted by molar-refractivity contribution is 6.13. The highest BCUT2D eigenvalue weighted by Crippen LogP contribution is 2.28. The number of ketones is 1. The Morgan fingerprint density at radius 1 is 1.00 bits per heavy atom. The van der Waals surface area contributed by atoms with Crippen LogP contribution in [0, 0.1) is 5.82 Å². The molecule has 0 radical (unpaired) electrons. The van der Waals surface area contributed by atoms with Gasteiger partial charge in [-0.05, 0) is 66.4 Å². The van der Waals surface area contributed by atoms with E-state index >= 15 is 0 Å². The topological polar surface area (TPSA) is 35.5 Å². The van der Waals surface area contributed by atoms with Gasteiger partial charge in [0.25, 0.3) is 0 Å². The molecule has 1 aliphatic rings. The van der Waals surface area contributed by atoms with E-state index in [9.17, 15) is 9.18 Å². The van der Waals surface area contributed by atoms with Gasteiger partial charge in [-0.25, -0.2) is 4.39 Å². The Hall–Kier alpha value is -3.40. The van der Waals surface area contributed by atoms with Crippen molar-refractivity contribution >= 4 is 11.9 Å². The van der Waals surface area contributed by atoms with Crippen molar-refractivity contribution in [3.8, 4) is 11.5 Å². The third-order valence-electron chi connectivity index (χ3n) is 5.07. The third kappa shape index (κ3) is 4.21. The van der Waals surface area contributed by atoms with Crippen LogP contribution in [0.5, 0.6) is 11.5 Å². The van der Waals surface area contributed by atoms with Gasteiger partial charge < -0.3 is 9.47 Å². The summed E-state index contributed by atoms with van der Waals surface area (Å²) >= 11 is 0. The van der Waals surface area contributed by atoms with E-state index in [-0.39, 0.29) is 18.2 Å². The van der Waals surface area contributed by atoms with Gasteiger partial charge in [-0.15, -0.1) is 0 Å². The molecule has 29 heavy (non-hydrogen) atoms. The quantitative estimate of drug-likeness (QED) is 0.532. The highest BCUT2D eigenvalue weighted by Gasteiger charge is 2.21. The maximum Gasteiger partial charge on any atom is 0.189 e. The third-order valence-corrected chi connectivity index (χ3v) is 5.07. The van der Waals surface area contributed by atoms with Gasteiger partial charge in [0.15, 0.2) is 5.78 Å². The predicted molar refractivity (Wildman–Crippen MR) is 111 cm³/mol. The van der Waals surface area contributed by atoms with E-state index in [0.717, 1.165) is 40.7 Å². The lowest BCUT2D eigenvalue weighted by atomic mass is 9.86. The number of hydrogen-bond donors (Lipinski definition) is 0. The molecule has 0 N–H and O–H groups in total. The number of carbonyl (C=O) groups excluding carboxylic acids is 1. The summed E-state index contributed by atoms with van der Waals surface area (Å²) in [5.41, 5.74) is 4.48. The van der Waals surface area contributed by atoms with Crippen LogP contribution in [-0.2, 0) is 13.0 Å². The zero-order chi connectivity index (χ0) is 20.2. The second kappa shape index (κ2) is 8.31. The molecule has 0 fully saturated rings. The summed E-state index contributed by atoms with van der Waals surface area (Å²) in [5.74, 6) is 1.07. The Bertz CT molecular complexity index is 1070. The standard InChI is InChI=1S/C25H21FO3/c1-28-24-13-6-17(15-20(24)16-29-22-11-9-21(26)10-12-22)14-19-8-7-18-4-2-3-5-23(18)25(19)27/h2-6,9-15H,7-8,16H2,1H3. The molecule has 0 saturated carbocycles. The zero-order valence-electron chi connectivity index (χ0n) is 16.2. The Kier molecular flexibility index (Phi) is 5.43. The molecule has 3 nitrogen and oxygen atoms in total. The summed E-state index contributed by atoms with van der Waals surface area (Å²) in [5, 5.41) is 0. The molecule has 0 saturated heterocycles. The molecular weight excluding hydrogens is 367 g/mol. The molecule has 3 aromatic carbocycles. The van der Waals surface area contributed by atoms with Crippen molar-refractivity contribution in [3.05, 3.63) is 100 Å². The van der Waals surface area contributed by atoms with Gasteiger partial charge >= 0.3 is 0 Å². The van der Waals surface area contributed by atoms with Crippen LogP contribution in [0.4, 0.5) is 4.39 Å². The number of benzene rings is 3. The first-order valence-electron chi connectivity index (χ1n) is 9.52. The number of methoxy groups -OCH3 is 1. The smallest absolute Gasteiger partial charge is 0.189 e. The van der Waals surface area contributed by atoms with Crippen LogP contribution in [-0.4, -0.2) is 12.9 Å². The minimum absolute atomic E-state index is 0.0896. The Labute approximate surface area is 169 Å². The van der Waals surface area contributed by atoms with E-state index in [1.165, 1.54) is 12.1 Å². The van der Waals surface area contributed by atoms with Crippen molar-refractivity contribution in [3.63, 3.8) is 0 Å². The summed E-state index contributed by atoms with van der Waals surface area (Å²) < 4.78 is 24.3. The first-order chi connectivity index (χ1) is 14.1. The molecule has 0 spiro atoms. The number of halogens is 1. The molecule has 0 amide bonds. The SMILES string of the molecule is COc1ccc(C=C2CCc3ccccc3C2=O)cc1COc1ccc(F)cc1. The van der Waals surface area contributed by atoms with Crippen LogP contribution < -0.4 is 9.47 Å². The molecule has 1 aliphatic carbocycles. The van der Waals surface area contributed by atoms with Gasteiger partial charge in [0.1, 0.15) is 23.9 Å². The fourth-order valence-corrected chi connectivity index (χ4v) is 3.55. The monoisotopic (exact) mass is 388 g/mol. The summed E-state index contributed by atoms with van der Waals surface area (Å²) in [7, 11) is 1.61. The molecule has 3 aromatic rings. The Morgan fingerprint density at radius 3 is 2.59 bits per heavy atom. The van der Waals surface area contributed by atoms with Crippen LogP contribution in [0.25, 0.3) is 6.08 Å². The summed E-state index contributed by atoms with van der Waals surface area (Å²) in [6.07, 6.45) is 3.53. The molecule has 0 unspecified atom stereocenters. The maximum absolute atomic E-state index is 13.1. The molecule has 4 heteroatoms. The number of rotatable bonds is 5. The number of allylic oxidation sites excluding steroid dienone is 1. The van der Waals surface area contributed by atoms with Crippen molar-refractivity contribution in [1.82, 2.24) is 0 Å². The van der Waals surface area contributed by atoms with Crippen molar-refractivity contribution in [2.24, 2.45) is 0 Å². The summed E-state index contributed by atoms with van der Waals surface area (Å²) in [6, 6.07) is 19.4. The molecule has 0 bridgehead atoms. The van der Waals surface area contributed by atoms with Crippen LogP contribution in [0.3, 0.4) is 0 Å². The van der Waals surface area contributed by atoms with Gasteiger partial charge in [0, 0.05) is 16.7 Å². The van der Waals surface area contributed by atoms with Crippen LogP contribution in [0.1, 0.15) is 33.5 Å². The van der Waals surface area contributed by atoms with Crippen LogP contribution in [0.15, 0.2) is 72.3 Å². The lowest BCUT2D eigenvalue weighted by molar-refractivity contribution is 0.102. The number of aryl methyl sites for hydroxylation is 1. The Morgan fingerprint density at radius 2 is 1.79 bits per heavy atom. The second-order valence-electron chi connectivity index (χ2n) is 6.97. The summed E-state index contributed by atoms with van der Waals surface area (Å²) in [4.78, 5) is 12.8. The van der Waals surface area contributed by atoms with E-state index in [0.29, 0.717) is 11.5 Å². The number of fused-ring (bicyclic) bond motifs is 1. The number of ether oxygens (including phenoxy) is 2. The molecule has 146 valence electrons. The van der Waals surface area contributed by atoms with Gasteiger partial charge in [0.05, 0.1) is 7.11 Å².